The molecule has 3 aliphatic rings. The highest BCUT2D eigenvalue weighted by Crippen LogP contribution is 2.34. The Hall–Kier alpha value is -2.32. The summed E-state index contributed by atoms with van der Waals surface area (Å²) in [4.78, 5) is 18.2. The van der Waals surface area contributed by atoms with E-state index < -0.39 is 0 Å². The van der Waals surface area contributed by atoms with E-state index in [0.29, 0.717) is 18.1 Å². The number of aromatic nitrogens is 5. The number of nitrogens with two attached hydrogens (primary N) is 1. The first-order chi connectivity index (χ1) is 14.1. The van der Waals surface area contributed by atoms with Gasteiger partial charge in [-0.3, -0.25) is 4.98 Å². The fourth-order valence-corrected chi connectivity index (χ4v) is 5.12. The molecule has 2 aliphatic heterocycles. The highest BCUT2D eigenvalue weighted by Gasteiger charge is 2.23. The second-order valence-electron chi connectivity index (χ2n) is 7.21. The molecule has 2 aromatic rings. The summed E-state index contributed by atoms with van der Waals surface area (Å²) >= 11 is 7.16. The average Bonchev–Trinajstić information content (AvgIpc) is 3.18. The summed E-state index contributed by atoms with van der Waals surface area (Å²) in [7, 11) is 0. The van der Waals surface area contributed by atoms with Crippen LogP contribution in [0, 0.1) is 0 Å². The van der Waals surface area contributed by atoms with Crippen LogP contribution in [0.3, 0.4) is 0 Å². The number of nitrogens with zero attached hydrogens (tertiary/aromatic N) is 5. The van der Waals surface area contributed by atoms with Crippen molar-refractivity contribution in [3.05, 3.63) is 62.6 Å². The molecule has 6 nitrogen and oxygen atoms in total. The summed E-state index contributed by atoms with van der Waals surface area (Å²) in [6.45, 7) is 0.568. The zero-order chi connectivity index (χ0) is 20.0. The molecule has 0 saturated heterocycles. The molecule has 146 valence electrons. The molecule has 0 radical (unpaired) electrons. The smallest absolute Gasteiger partial charge is 0.166 e. The van der Waals surface area contributed by atoms with E-state index in [4.69, 9.17) is 15.7 Å². The molecule has 0 fully saturated rings. The van der Waals surface area contributed by atoms with E-state index in [1.807, 2.05) is 4.57 Å². The Balaban J connectivity index is 1.63. The number of rotatable bonds is 3. The molecular weight excluding hydrogens is 496 g/mol. The van der Waals surface area contributed by atoms with Crippen molar-refractivity contribution in [1.29, 1.82) is 0 Å². The summed E-state index contributed by atoms with van der Waals surface area (Å²) in [5, 5.41) is 0. The van der Waals surface area contributed by atoms with Gasteiger partial charge in [-0.2, -0.15) is 0 Å². The van der Waals surface area contributed by atoms with Crippen LogP contribution in [0.1, 0.15) is 29.5 Å². The van der Waals surface area contributed by atoms with Gasteiger partial charge in [-0.05, 0) is 68.7 Å². The molecule has 0 amide bonds. The lowest BCUT2D eigenvalue weighted by atomic mass is 9.88. The Labute approximate surface area is 185 Å². The van der Waals surface area contributed by atoms with E-state index in [0.717, 1.165) is 44.6 Å². The van der Waals surface area contributed by atoms with Crippen molar-refractivity contribution >= 4 is 37.7 Å². The molecular formula is C21H18Br2N6. The molecule has 29 heavy (non-hydrogen) atoms. The van der Waals surface area contributed by atoms with Gasteiger partial charge in [0.25, 0.3) is 0 Å². The van der Waals surface area contributed by atoms with Crippen molar-refractivity contribution in [3.63, 3.8) is 0 Å². The van der Waals surface area contributed by atoms with E-state index >= 15 is 0 Å². The van der Waals surface area contributed by atoms with Crippen LogP contribution < -0.4 is 5.73 Å². The first-order valence-electron chi connectivity index (χ1n) is 9.49. The zero-order valence-electron chi connectivity index (χ0n) is 15.6. The van der Waals surface area contributed by atoms with E-state index in [-0.39, 0.29) is 0 Å². The summed E-state index contributed by atoms with van der Waals surface area (Å²) in [6.07, 6.45) is 9.92. The predicted octanol–water partition coefficient (Wildman–Crippen LogP) is 4.87. The number of hydrogen-bond donors (Lipinski definition) is 1. The van der Waals surface area contributed by atoms with Crippen molar-refractivity contribution in [2.45, 2.75) is 32.2 Å². The molecule has 3 heterocycles. The number of anilines is 1. The first kappa shape index (κ1) is 18.7. The van der Waals surface area contributed by atoms with Crippen LogP contribution >= 0.6 is 31.9 Å². The quantitative estimate of drug-likeness (QED) is 0.422. The van der Waals surface area contributed by atoms with Crippen molar-refractivity contribution in [2.24, 2.45) is 0 Å². The molecule has 8 heteroatoms. The lowest BCUT2D eigenvalue weighted by Gasteiger charge is -2.17. The van der Waals surface area contributed by atoms with Gasteiger partial charge in [0.05, 0.1) is 12.9 Å². The lowest BCUT2D eigenvalue weighted by Crippen LogP contribution is -2.10. The maximum absolute atomic E-state index is 6.15. The van der Waals surface area contributed by atoms with Gasteiger partial charge in [-0.1, -0.05) is 18.2 Å². The minimum absolute atomic E-state index is 0.396. The van der Waals surface area contributed by atoms with E-state index in [1.165, 1.54) is 24.0 Å². The van der Waals surface area contributed by atoms with Gasteiger partial charge in [0.1, 0.15) is 0 Å². The lowest BCUT2D eigenvalue weighted by molar-refractivity contribution is 0.686. The third-order valence-corrected chi connectivity index (χ3v) is 6.78. The normalized spacial score (nSPS) is 13.6. The van der Waals surface area contributed by atoms with Crippen LogP contribution in [0.5, 0.6) is 0 Å². The molecule has 2 N–H and O–H groups in total. The SMILES string of the molecule is Nc1ncn(Cc2c(Br)cncc2Br)c2nc(-c3cccc4c3CCCC4)nc1-2. The van der Waals surface area contributed by atoms with E-state index in [2.05, 4.69) is 60.0 Å². The monoisotopic (exact) mass is 512 g/mol. The highest BCUT2D eigenvalue weighted by atomic mass is 79.9. The van der Waals surface area contributed by atoms with Crippen LogP contribution in [-0.2, 0) is 19.4 Å². The fraction of sp³-hybridized carbons (Fsp3) is 0.238. The number of halogens is 2. The second kappa shape index (κ2) is 7.50. The van der Waals surface area contributed by atoms with Crippen LogP contribution in [-0.4, -0.2) is 24.5 Å². The Morgan fingerprint density at radius 3 is 2.66 bits per heavy atom. The third kappa shape index (κ3) is 3.34. The topological polar surface area (TPSA) is 82.5 Å². The number of hydrogen-bond acceptors (Lipinski definition) is 5. The number of imidazole rings is 1. The zero-order valence-corrected chi connectivity index (χ0v) is 18.7. The Morgan fingerprint density at radius 1 is 1.03 bits per heavy atom. The van der Waals surface area contributed by atoms with E-state index in [9.17, 15) is 0 Å². The van der Waals surface area contributed by atoms with Crippen LogP contribution in [0.25, 0.3) is 22.9 Å². The number of fused-ring (bicyclic) bond motifs is 2. The number of nitrogen functional groups attached to an aromatic ring is 1. The molecule has 0 atom stereocenters. The standard InChI is InChI=1S/C21H18Br2N6/c22-16-8-25-9-17(23)15(16)10-29-11-26-19(24)18-21(29)28-20(27-18)14-7-3-5-12-4-1-2-6-13(12)14/h3,5,7-9,11H,1-2,4,6,10,24H2. The first-order valence-corrected chi connectivity index (χ1v) is 11.1. The van der Waals surface area contributed by atoms with Gasteiger partial charge < -0.3 is 10.3 Å². The fourth-order valence-electron chi connectivity index (χ4n) is 3.94. The molecule has 1 aromatic carbocycles. The molecule has 0 spiro atoms. The Morgan fingerprint density at radius 2 is 1.83 bits per heavy atom. The molecule has 5 rings (SSSR count). The second-order valence-corrected chi connectivity index (χ2v) is 8.92. The maximum Gasteiger partial charge on any atom is 0.166 e. The third-order valence-electron chi connectivity index (χ3n) is 5.41. The Bertz CT molecular complexity index is 1170. The summed E-state index contributed by atoms with van der Waals surface area (Å²) < 4.78 is 3.81. The number of aryl methyl sites for hydroxylation is 1. The molecule has 0 bridgehead atoms. The molecule has 0 saturated carbocycles. The largest absolute Gasteiger partial charge is 0.382 e. The van der Waals surface area contributed by atoms with Crippen LogP contribution in [0.4, 0.5) is 5.82 Å². The van der Waals surface area contributed by atoms with Gasteiger partial charge in [-0.25, -0.2) is 15.0 Å². The number of benzene rings is 1. The van der Waals surface area contributed by atoms with Gasteiger partial charge in [0, 0.05) is 32.5 Å². The van der Waals surface area contributed by atoms with Crippen molar-refractivity contribution in [3.8, 4) is 22.9 Å². The average molecular weight is 514 g/mol. The van der Waals surface area contributed by atoms with Gasteiger partial charge in [0.2, 0.25) is 0 Å². The molecule has 1 aliphatic carbocycles. The Kier molecular flexibility index (Phi) is 4.83. The van der Waals surface area contributed by atoms with Crippen molar-refractivity contribution < 1.29 is 0 Å². The van der Waals surface area contributed by atoms with Gasteiger partial charge in [0.15, 0.2) is 23.2 Å². The summed E-state index contributed by atoms with van der Waals surface area (Å²) in [5.74, 6) is 1.85. The van der Waals surface area contributed by atoms with Gasteiger partial charge >= 0.3 is 0 Å². The van der Waals surface area contributed by atoms with Crippen molar-refractivity contribution in [2.75, 3.05) is 5.73 Å². The number of pyridine rings is 1. The summed E-state index contributed by atoms with van der Waals surface area (Å²) in [5.41, 5.74) is 11.7. The van der Waals surface area contributed by atoms with E-state index in [1.54, 1.807) is 18.7 Å². The van der Waals surface area contributed by atoms with Crippen LogP contribution in [0.2, 0.25) is 0 Å². The molecule has 0 unspecified atom stereocenters. The summed E-state index contributed by atoms with van der Waals surface area (Å²) in [6, 6.07) is 6.43. The predicted molar refractivity (Wildman–Crippen MR) is 120 cm³/mol. The van der Waals surface area contributed by atoms with Crippen LogP contribution in [0.15, 0.2) is 45.9 Å². The minimum Gasteiger partial charge on any atom is -0.382 e. The highest BCUT2D eigenvalue weighted by molar-refractivity contribution is 9.11. The maximum atomic E-state index is 6.15. The van der Waals surface area contributed by atoms with Gasteiger partial charge in [-0.15, -0.1) is 0 Å². The minimum atomic E-state index is 0.396. The van der Waals surface area contributed by atoms with Crippen molar-refractivity contribution in [1.82, 2.24) is 24.5 Å². The molecule has 1 aromatic heterocycles.